The Morgan fingerprint density at radius 2 is 2.29 bits per heavy atom. The summed E-state index contributed by atoms with van der Waals surface area (Å²) in [6.07, 6.45) is 4.69. The van der Waals surface area contributed by atoms with Crippen molar-refractivity contribution < 1.29 is 9.84 Å². The van der Waals surface area contributed by atoms with Crippen LogP contribution in [0.3, 0.4) is 0 Å². The van der Waals surface area contributed by atoms with E-state index in [0.29, 0.717) is 11.6 Å². The van der Waals surface area contributed by atoms with Gasteiger partial charge < -0.3 is 14.7 Å². The van der Waals surface area contributed by atoms with E-state index in [9.17, 15) is 0 Å². The number of hydrogen-bond donors (Lipinski definition) is 1. The number of aliphatic hydroxyl groups is 1. The third-order valence-electron chi connectivity index (χ3n) is 3.37. The van der Waals surface area contributed by atoms with Gasteiger partial charge in [-0.15, -0.1) is 0 Å². The summed E-state index contributed by atoms with van der Waals surface area (Å²) in [5.41, 5.74) is 0.599. The minimum absolute atomic E-state index is 0.0645. The normalized spacial score (nSPS) is 25.0. The van der Waals surface area contributed by atoms with Crippen molar-refractivity contribution >= 4 is 5.82 Å². The SMILES string of the molecule is COC1CN(c2cnc(CO)cn2)CCC1C. The van der Waals surface area contributed by atoms with Gasteiger partial charge in [0.05, 0.1) is 30.8 Å². The van der Waals surface area contributed by atoms with Gasteiger partial charge >= 0.3 is 0 Å². The molecule has 2 rings (SSSR count). The molecule has 0 amide bonds. The summed E-state index contributed by atoms with van der Waals surface area (Å²) in [7, 11) is 1.76. The lowest BCUT2D eigenvalue weighted by molar-refractivity contribution is 0.0496. The highest BCUT2D eigenvalue weighted by Crippen LogP contribution is 2.22. The molecule has 0 aromatic carbocycles. The van der Waals surface area contributed by atoms with E-state index in [0.717, 1.165) is 25.3 Å². The average molecular weight is 237 g/mol. The fourth-order valence-corrected chi connectivity index (χ4v) is 2.14. The van der Waals surface area contributed by atoms with E-state index in [4.69, 9.17) is 9.84 Å². The predicted molar refractivity (Wildman–Crippen MR) is 64.7 cm³/mol. The molecule has 94 valence electrons. The van der Waals surface area contributed by atoms with Crippen LogP contribution in [0.5, 0.6) is 0 Å². The molecule has 1 aliphatic heterocycles. The summed E-state index contributed by atoms with van der Waals surface area (Å²) >= 11 is 0. The third-order valence-corrected chi connectivity index (χ3v) is 3.37. The molecule has 1 aliphatic rings. The highest BCUT2D eigenvalue weighted by atomic mass is 16.5. The van der Waals surface area contributed by atoms with Gasteiger partial charge in [0.1, 0.15) is 5.82 Å². The molecule has 0 saturated carbocycles. The van der Waals surface area contributed by atoms with Crippen LogP contribution in [0.4, 0.5) is 5.82 Å². The second kappa shape index (κ2) is 5.42. The van der Waals surface area contributed by atoms with Crippen molar-refractivity contribution in [3.05, 3.63) is 18.1 Å². The predicted octanol–water partition coefficient (Wildman–Crippen LogP) is 0.830. The quantitative estimate of drug-likeness (QED) is 0.844. The zero-order chi connectivity index (χ0) is 12.3. The molecule has 5 heteroatoms. The maximum atomic E-state index is 8.92. The number of aliphatic hydroxyl groups excluding tert-OH is 1. The molecule has 2 atom stereocenters. The van der Waals surface area contributed by atoms with Gasteiger partial charge in [0.2, 0.25) is 0 Å². The van der Waals surface area contributed by atoms with Gasteiger partial charge in [-0.1, -0.05) is 6.92 Å². The van der Waals surface area contributed by atoms with Crippen LogP contribution < -0.4 is 4.90 Å². The van der Waals surface area contributed by atoms with Crippen molar-refractivity contribution in [1.29, 1.82) is 0 Å². The van der Waals surface area contributed by atoms with E-state index in [-0.39, 0.29) is 12.7 Å². The fraction of sp³-hybridized carbons (Fsp3) is 0.667. The Morgan fingerprint density at radius 1 is 1.47 bits per heavy atom. The maximum Gasteiger partial charge on any atom is 0.147 e. The Labute approximate surface area is 101 Å². The molecule has 17 heavy (non-hydrogen) atoms. The second-order valence-electron chi connectivity index (χ2n) is 4.51. The number of aromatic nitrogens is 2. The van der Waals surface area contributed by atoms with Crippen LogP contribution in [0.25, 0.3) is 0 Å². The largest absolute Gasteiger partial charge is 0.390 e. The highest BCUT2D eigenvalue weighted by molar-refractivity contribution is 5.36. The molecule has 5 nitrogen and oxygen atoms in total. The Hall–Kier alpha value is -1.20. The lowest BCUT2D eigenvalue weighted by Gasteiger charge is -2.36. The first-order valence-electron chi connectivity index (χ1n) is 5.94. The smallest absolute Gasteiger partial charge is 0.147 e. The van der Waals surface area contributed by atoms with E-state index in [1.807, 2.05) is 0 Å². The van der Waals surface area contributed by atoms with Crippen molar-refractivity contribution in [3.8, 4) is 0 Å². The van der Waals surface area contributed by atoms with E-state index < -0.39 is 0 Å². The van der Waals surface area contributed by atoms with Crippen LogP contribution in [0.15, 0.2) is 12.4 Å². The standard InChI is InChI=1S/C12H19N3O2/c1-9-3-4-15(7-11(9)17-2)12-6-13-10(8-16)5-14-12/h5-6,9,11,16H,3-4,7-8H2,1-2H3. The van der Waals surface area contributed by atoms with Gasteiger partial charge in [-0.05, 0) is 12.3 Å². The number of methoxy groups -OCH3 is 1. The van der Waals surface area contributed by atoms with Crippen LogP contribution in [-0.4, -0.2) is 41.4 Å². The zero-order valence-corrected chi connectivity index (χ0v) is 10.3. The van der Waals surface area contributed by atoms with Crippen LogP contribution in [-0.2, 0) is 11.3 Å². The molecule has 1 N–H and O–H groups in total. The summed E-state index contributed by atoms with van der Waals surface area (Å²) < 4.78 is 5.47. The number of nitrogens with zero attached hydrogens (tertiary/aromatic N) is 3. The minimum atomic E-state index is -0.0645. The van der Waals surface area contributed by atoms with Crippen molar-refractivity contribution in [2.24, 2.45) is 5.92 Å². The van der Waals surface area contributed by atoms with Gasteiger partial charge in [-0.3, -0.25) is 4.98 Å². The minimum Gasteiger partial charge on any atom is -0.390 e. The van der Waals surface area contributed by atoms with E-state index in [1.165, 1.54) is 0 Å². The summed E-state index contributed by atoms with van der Waals surface area (Å²) in [5, 5.41) is 8.92. The Bertz CT molecular complexity index is 355. The molecular formula is C12H19N3O2. The molecule has 1 saturated heterocycles. The number of ether oxygens (including phenoxy) is 1. The van der Waals surface area contributed by atoms with Gasteiger partial charge in [0.15, 0.2) is 0 Å². The number of piperidine rings is 1. The average Bonchev–Trinajstić information content (AvgIpc) is 2.39. The molecule has 1 fully saturated rings. The first kappa shape index (κ1) is 12.3. The van der Waals surface area contributed by atoms with Crippen molar-refractivity contribution in [1.82, 2.24) is 9.97 Å². The van der Waals surface area contributed by atoms with Crippen molar-refractivity contribution in [2.45, 2.75) is 26.1 Å². The third kappa shape index (κ3) is 2.73. The molecule has 0 radical (unpaired) electrons. The number of hydrogen-bond acceptors (Lipinski definition) is 5. The lowest BCUT2D eigenvalue weighted by atomic mass is 9.96. The molecule has 0 spiro atoms. The molecule has 2 heterocycles. The van der Waals surface area contributed by atoms with E-state index >= 15 is 0 Å². The summed E-state index contributed by atoms with van der Waals surface area (Å²) in [5.74, 6) is 1.44. The zero-order valence-electron chi connectivity index (χ0n) is 10.3. The molecular weight excluding hydrogens is 218 g/mol. The van der Waals surface area contributed by atoms with E-state index in [2.05, 4.69) is 21.8 Å². The Morgan fingerprint density at radius 3 is 2.88 bits per heavy atom. The highest BCUT2D eigenvalue weighted by Gasteiger charge is 2.26. The maximum absolute atomic E-state index is 8.92. The molecule has 0 bridgehead atoms. The van der Waals surface area contributed by atoms with E-state index in [1.54, 1.807) is 19.5 Å². The summed E-state index contributed by atoms with van der Waals surface area (Å²) in [4.78, 5) is 10.6. The Balaban J connectivity index is 2.06. The number of anilines is 1. The summed E-state index contributed by atoms with van der Waals surface area (Å²) in [6.45, 7) is 3.98. The molecule has 1 aromatic rings. The van der Waals surface area contributed by atoms with Gasteiger partial charge in [-0.2, -0.15) is 0 Å². The second-order valence-corrected chi connectivity index (χ2v) is 4.51. The van der Waals surface area contributed by atoms with Crippen LogP contribution in [0.2, 0.25) is 0 Å². The Kier molecular flexibility index (Phi) is 3.91. The van der Waals surface area contributed by atoms with Gasteiger partial charge in [0.25, 0.3) is 0 Å². The first-order valence-corrected chi connectivity index (χ1v) is 5.94. The van der Waals surface area contributed by atoms with Crippen LogP contribution in [0.1, 0.15) is 19.0 Å². The van der Waals surface area contributed by atoms with Crippen LogP contribution in [0, 0.1) is 5.92 Å². The van der Waals surface area contributed by atoms with Crippen molar-refractivity contribution in [3.63, 3.8) is 0 Å². The topological polar surface area (TPSA) is 58.5 Å². The molecule has 0 aliphatic carbocycles. The van der Waals surface area contributed by atoms with Crippen LogP contribution >= 0.6 is 0 Å². The van der Waals surface area contributed by atoms with Gasteiger partial charge in [0, 0.05) is 20.2 Å². The summed E-state index contributed by atoms with van der Waals surface area (Å²) in [6, 6.07) is 0. The first-order chi connectivity index (χ1) is 8.24. The van der Waals surface area contributed by atoms with Gasteiger partial charge in [-0.25, -0.2) is 4.98 Å². The monoisotopic (exact) mass is 237 g/mol. The van der Waals surface area contributed by atoms with Crippen molar-refractivity contribution in [2.75, 3.05) is 25.1 Å². The number of rotatable bonds is 3. The lowest BCUT2D eigenvalue weighted by Crippen LogP contribution is -2.44. The fourth-order valence-electron chi connectivity index (χ4n) is 2.14. The molecule has 2 unspecified atom stereocenters. The molecule has 1 aromatic heterocycles.